The van der Waals surface area contributed by atoms with Crippen LogP contribution in [0.2, 0.25) is 0 Å². The second-order valence-electron chi connectivity index (χ2n) is 6.44. The van der Waals surface area contributed by atoms with Crippen LogP contribution in [-0.2, 0) is 9.53 Å². The number of benzene rings is 2. The number of anilines is 1. The van der Waals surface area contributed by atoms with Crippen LogP contribution >= 0.6 is 0 Å². The molecule has 0 radical (unpaired) electrons. The Bertz CT molecular complexity index is 952. The summed E-state index contributed by atoms with van der Waals surface area (Å²) in [6.07, 6.45) is 0. The van der Waals surface area contributed by atoms with Gasteiger partial charge >= 0.3 is 5.97 Å². The number of nitrogens with one attached hydrogen (secondary N) is 1. The summed E-state index contributed by atoms with van der Waals surface area (Å²) in [5, 5.41) is 13.4. The van der Waals surface area contributed by atoms with Crippen LogP contribution < -0.4 is 5.32 Å². The van der Waals surface area contributed by atoms with Gasteiger partial charge in [0.2, 0.25) is 0 Å². The summed E-state index contributed by atoms with van der Waals surface area (Å²) >= 11 is 0. The van der Waals surface area contributed by atoms with Crippen LogP contribution in [0.15, 0.2) is 42.5 Å². The maximum atomic E-state index is 12.3. The molecule has 0 bridgehead atoms. The van der Waals surface area contributed by atoms with E-state index < -0.39 is 23.4 Å². The van der Waals surface area contributed by atoms with E-state index in [1.165, 1.54) is 25.1 Å². The first-order chi connectivity index (χ1) is 14.3. The SMILES string of the molecule is CCN(CC)C(=O)c1ccc(NC(=O)COC(=O)c2ccc([N+](=O)[O-])c(C)c2)cc1. The number of carbonyl (C=O) groups is 3. The lowest BCUT2D eigenvalue weighted by atomic mass is 10.1. The van der Waals surface area contributed by atoms with Crippen molar-refractivity contribution in [3.05, 3.63) is 69.3 Å². The van der Waals surface area contributed by atoms with Gasteiger partial charge in [-0.05, 0) is 57.2 Å². The number of aryl methyl sites for hydroxylation is 1. The minimum Gasteiger partial charge on any atom is -0.452 e. The van der Waals surface area contributed by atoms with Crippen molar-refractivity contribution in [2.45, 2.75) is 20.8 Å². The van der Waals surface area contributed by atoms with E-state index in [1.807, 2.05) is 13.8 Å². The van der Waals surface area contributed by atoms with Crippen LogP contribution in [0.5, 0.6) is 0 Å². The van der Waals surface area contributed by atoms with E-state index in [4.69, 9.17) is 4.74 Å². The minimum atomic E-state index is -0.761. The molecule has 0 aliphatic carbocycles. The third-order valence-corrected chi connectivity index (χ3v) is 4.43. The molecule has 2 rings (SSSR count). The maximum absolute atomic E-state index is 12.3. The number of nitrogens with zero attached hydrogens (tertiary/aromatic N) is 2. The van der Waals surface area contributed by atoms with Crippen molar-refractivity contribution in [3.63, 3.8) is 0 Å². The molecule has 0 heterocycles. The summed E-state index contributed by atoms with van der Waals surface area (Å²) in [6, 6.07) is 10.2. The summed E-state index contributed by atoms with van der Waals surface area (Å²) in [6.45, 7) is 6.00. The molecule has 0 saturated heterocycles. The summed E-state index contributed by atoms with van der Waals surface area (Å²) in [4.78, 5) is 48.3. The molecule has 0 atom stereocenters. The molecule has 0 aromatic heterocycles. The Morgan fingerprint density at radius 1 is 1.03 bits per heavy atom. The quantitative estimate of drug-likeness (QED) is 0.403. The molecule has 9 nitrogen and oxygen atoms in total. The number of esters is 1. The van der Waals surface area contributed by atoms with E-state index in [9.17, 15) is 24.5 Å². The smallest absolute Gasteiger partial charge is 0.338 e. The molecule has 158 valence electrons. The first kappa shape index (κ1) is 22.5. The van der Waals surface area contributed by atoms with E-state index >= 15 is 0 Å². The van der Waals surface area contributed by atoms with Gasteiger partial charge in [0.1, 0.15) is 0 Å². The normalized spacial score (nSPS) is 10.2. The second-order valence-corrected chi connectivity index (χ2v) is 6.44. The van der Waals surface area contributed by atoms with Crippen molar-refractivity contribution in [2.24, 2.45) is 0 Å². The molecule has 0 saturated carbocycles. The second kappa shape index (κ2) is 10.1. The third-order valence-electron chi connectivity index (χ3n) is 4.43. The molecule has 2 amide bonds. The fraction of sp³-hybridized carbons (Fsp3) is 0.286. The van der Waals surface area contributed by atoms with Gasteiger partial charge < -0.3 is 15.0 Å². The number of carbonyl (C=O) groups excluding carboxylic acids is 3. The van der Waals surface area contributed by atoms with Crippen molar-refractivity contribution in [3.8, 4) is 0 Å². The molecule has 1 N–H and O–H groups in total. The molecular weight excluding hydrogens is 390 g/mol. The van der Waals surface area contributed by atoms with Gasteiger partial charge in [-0.2, -0.15) is 0 Å². The van der Waals surface area contributed by atoms with Gasteiger partial charge in [0.15, 0.2) is 6.61 Å². The number of amides is 2. The van der Waals surface area contributed by atoms with Crippen LogP contribution in [0.1, 0.15) is 40.1 Å². The summed E-state index contributed by atoms with van der Waals surface area (Å²) in [5.74, 6) is -1.40. The molecule has 0 aliphatic heterocycles. The van der Waals surface area contributed by atoms with Crippen molar-refractivity contribution in [1.82, 2.24) is 4.90 Å². The molecule has 0 unspecified atom stereocenters. The van der Waals surface area contributed by atoms with E-state index in [1.54, 1.807) is 29.2 Å². The average Bonchev–Trinajstić information content (AvgIpc) is 2.73. The van der Waals surface area contributed by atoms with Gasteiger partial charge in [-0.1, -0.05) is 0 Å². The number of rotatable bonds is 8. The number of hydrogen-bond acceptors (Lipinski definition) is 6. The topological polar surface area (TPSA) is 119 Å². The minimum absolute atomic E-state index is 0.0924. The summed E-state index contributed by atoms with van der Waals surface area (Å²) in [5.41, 5.74) is 1.30. The zero-order valence-electron chi connectivity index (χ0n) is 17.0. The van der Waals surface area contributed by atoms with Gasteiger partial charge in [-0.15, -0.1) is 0 Å². The molecule has 0 fully saturated rings. The molecule has 2 aromatic carbocycles. The fourth-order valence-electron chi connectivity index (χ4n) is 2.79. The molecule has 0 spiro atoms. The van der Waals surface area contributed by atoms with Gasteiger partial charge in [-0.3, -0.25) is 19.7 Å². The average molecular weight is 413 g/mol. The van der Waals surface area contributed by atoms with Crippen molar-refractivity contribution >= 4 is 29.2 Å². The predicted molar refractivity (Wildman–Crippen MR) is 110 cm³/mol. The molecular formula is C21H23N3O6. The number of nitro groups is 1. The zero-order chi connectivity index (χ0) is 22.3. The summed E-state index contributed by atoms with van der Waals surface area (Å²) in [7, 11) is 0. The van der Waals surface area contributed by atoms with Crippen molar-refractivity contribution in [2.75, 3.05) is 25.0 Å². The van der Waals surface area contributed by atoms with Gasteiger partial charge in [-0.25, -0.2) is 4.79 Å². The molecule has 30 heavy (non-hydrogen) atoms. The van der Waals surface area contributed by atoms with Crippen LogP contribution in [0.4, 0.5) is 11.4 Å². The maximum Gasteiger partial charge on any atom is 0.338 e. The molecule has 2 aromatic rings. The number of hydrogen-bond donors (Lipinski definition) is 1. The van der Waals surface area contributed by atoms with Gasteiger partial charge in [0.25, 0.3) is 17.5 Å². The van der Waals surface area contributed by atoms with E-state index in [-0.39, 0.29) is 17.2 Å². The Balaban J connectivity index is 1.91. The standard InChI is InChI=1S/C21H23N3O6/c1-4-23(5-2)20(26)15-6-9-17(10-7-15)22-19(25)13-30-21(27)16-8-11-18(24(28)29)14(3)12-16/h6-12H,4-5,13H2,1-3H3,(H,22,25). The van der Waals surface area contributed by atoms with Crippen molar-refractivity contribution < 1.29 is 24.0 Å². The van der Waals surface area contributed by atoms with Gasteiger partial charge in [0, 0.05) is 36.0 Å². The lowest BCUT2D eigenvalue weighted by Crippen LogP contribution is -2.30. The summed E-state index contributed by atoms with van der Waals surface area (Å²) < 4.78 is 4.96. The Hall–Kier alpha value is -3.75. The Morgan fingerprint density at radius 3 is 2.17 bits per heavy atom. The first-order valence-electron chi connectivity index (χ1n) is 9.38. The third kappa shape index (κ3) is 5.63. The van der Waals surface area contributed by atoms with E-state index in [0.29, 0.717) is 29.9 Å². The predicted octanol–water partition coefficient (Wildman–Crippen LogP) is 3.18. The van der Waals surface area contributed by atoms with Crippen molar-refractivity contribution in [1.29, 1.82) is 0 Å². The van der Waals surface area contributed by atoms with E-state index in [0.717, 1.165) is 0 Å². The zero-order valence-corrected chi connectivity index (χ0v) is 17.0. The largest absolute Gasteiger partial charge is 0.452 e. The fourth-order valence-corrected chi connectivity index (χ4v) is 2.79. The van der Waals surface area contributed by atoms with Crippen LogP contribution in [0.25, 0.3) is 0 Å². The Kier molecular flexibility index (Phi) is 7.62. The number of nitro benzene ring substituents is 1. The molecule has 0 aliphatic rings. The molecule has 9 heteroatoms. The Labute approximate surface area is 173 Å². The van der Waals surface area contributed by atoms with Crippen LogP contribution in [0.3, 0.4) is 0 Å². The van der Waals surface area contributed by atoms with Crippen LogP contribution in [-0.4, -0.2) is 47.3 Å². The Morgan fingerprint density at radius 2 is 1.63 bits per heavy atom. The van der Waals surface area contributed by atoms with Crippen LogP contribution in [0, 0.1) is 17.0 Å². The first-order valence-corrected chi connectivity index (χ1v) is 9.38. The van der Waals surface area contributed by atoms with E-state index in [2.05, 4.69) is 5.32 Å². The highest BCUT2D eigenvalue weighted by Gasteiger charge is 2.16. The monoisotopic (exact) mass is 413 g/mol. The highest BCUT2D eigenvalue weighted by atomic mass is 16.6. The highest BCUT2D eigenvalue weighted by molar-refractivity contribution is 5.97. The highest BCUT2D eigenvalue weighted by Crippen LogP contribution is 2.19. The number of ether oxygens (including phenoxy) is 1. The lowest BCUT2D eigenvalue weighted by Gasteiger charge is -2.18. The van der Waals surface area contributed by atoms with Gasteiger partial charge in [0.05, 0.1) is 10.5 Å². The lowest BCUT2D eigenvalue weighted by molar-refractivity contribution is -0.385.